The zero-order valence-electron chi connectivity index (χ0n) is 5.33. The molecule has 1 radical (unpaired) electrons. The fraction of sp³-hybridized carbons (Fsp3) is 0.429. The van der Waals surface area contributed by atoms with Crippen molar-refractivity contribution < 1.29 is 9.52 Å². The van der Waals surface area contributed by atoms with Gasteiger partial charge in [-0.3, -0.25) is 0 Å². The lowest BCUT2D eigenvalue weighted by atomic mass is 10.2. The molecule has 0 bridgehead atoms. The van der Waals surface area contributed by atoms with Crippen LogP contribution in [0.25, 0.3) is 0 Å². The van der Waals surface area contributed by atoms with Crippen LogP contribution in [0.15, 0.2) is 22.8 Å². The van der Waals surface area contributed by atoms with E-state index in [-0.39, 0.29) is 0 Å². The van der Waals surface area contributed by atoms with E-state index in [1.807, 2.05) is 6.92 Å². The van der Waals surface area contributed by atoms with Gasteiger partial charge in [0.2, 0.25) is 0 Å². The van der Waals surface area contributed by atoms with Gasteiger partial charge in [-0.1, -0.05) is 6.92 Å². The fourth-order valence-corrected chi connectivity index (χ4v) is 0.676. The molecule has 49 valence electrons. The van der Waals surface area contributed by atoms with Crippen LogP contribution in [0.4, 0.5) is 0 Å². The maximum Gasteiger partial charge on any atom is 0.150 e. The van der Waals surface area contributed by atoms with Gasteiger partial charge in [0.05, 0.1) is 6.26 Å². The Morgan fingerprint density at radius 3 is 3.00 bits per heavy atom. The Morgan fingerprint density at radius 2 is 2.56 bits per heavy atom. The first-order valence-corrected chi connectivity index (χ1v) is 3.03. The molecule has 9 heavy (non-hydrogen) atoms. The Morgan fingerprint density at radius 1 is 1.78 bits per heavy atom. The first kappa shape index (κ1) is 6.36. The van der Waals surface area contributed by atoms with Gasteiger partial charge < -0.3 is 4.42 Å². The molecule has 0 saturated heterocycles. The zero-order valence-corrected chi connectivity index (χ0v) is 5.33. The van der Waals surface area contributed by atoms with E-state index in [0.717, 1.165) is 0 Å². The quantitative estimate of drug-likeness (QED) is 0.596. The highest BCUT2D eigenvalue weighted by atomic mass is 16.4. The molecule has 0 aliphatic carbocycles. The van der Waals surface area contributed by atoms with Crippen molar-refractivity contribution in [1.29, 1.82) is 0 Å². The molecule has 2 nitrogen and oxygen atoms in total. The average molecular weight is 125 g/mol. The number of furan rings is 1. The Balaban J connectivity index is 2.65. The highest BCUT2D eigenvalue weighted by Gasteiger charge is 2.07. The minimum Gasteiger partial charge on any atom is -0.466 e. The molecule has 0 fully saturated rings. The van der Waals surface area contributed by atoms with Crippen molar-refractivity contribution in [3.63, 3.8) is 0 Å². The van der Waals surface area contributed by atoms with Crippen LogP contribution in [-0.4, -0.2) is 0 Å². The molecule has 2 heteroatoms. The van der Waals surface area contributed by atoms with Crippen LogP contribution in [0, 0.1) is 0 Å². The molecule has 0 aliphatic rings. The Bertz CT molecular complexity index is 155. The molecule has 0 saturated carbocycles. The lowest BCUT2D eigenvalue weighted by Gasteiger charge is -1.97. The van der Waals surface area contributed by atoms with Crippen LogP contribution >= 0.6 is 0 Å². The van der Waals surface area contributed by atoms with E-state index >= 15 is 0 Å². The standard InChI is InChI=1S/C7H9O2/c1-2-6(8)7-4-3-5-9-7/h3-6H,2H2,1H3. The molecular formula is C7H9O2. The second kappa shape index (κ2) is 2.69. The minimum atomic E-state index is -0.681. The van der Waals surface area contributed by atoms with Crippen molar-refractivity contribution in [1.82, 2.24) is 0 Å². The van der Waals surface area contributed by atoms with Gasteiger partial charge in [-0.05, 0) is 18.6 Å². The summed E-state index contributed by atoms with van der Waals surface area (Å²) in [5, 5.41) is 10.9. The summed E-state index contributed by atoms with van der Waals surface area (Å²) in [6.07, 6.45) is 1.43. The summed E-state index contributed by atoms with van der Waals surface area (Å²) in [4.78, 5) is 0. The van der Waals surface area contributed by atoms with E-state index in [1.54, 1.807) is 12.1 Å². The van der Waals surface area contributed by atoms with Gasteiger partial charge in [0.1, 0.15) is 5.76 Å². The summed E-state index contributed by atoms with van der Waals surface area (Å²) >= 11 is 0. The van der Waals surface area contributed by atoms with Crippen molar-refractivity contribution in [2.45, 2.75) is 19.4 Å². The molecule has 0 amide bonds. The van der Waals surface area contributed by atoms with Gasteiger partial charge in [0.15, 0.2) is 6.10 Å². The van der Waals surface area contributed by atoms with Gasteiger partial charge in [0.25, 0.3) is 0 Å². The molecule has 0 aliphatic heterocycles. The lowest BCUT2D eigenvalue weighted by molar-refractivity contribution is 0.0659. The summed E-state index contributed by atoms with van der Waals surface area (Å²) in [7, 11) is 0. The molecule has 1 heterocycles. The summed E-state index contributed by atoms with van der Waals surface area (Å²) < 4.78 is 4.87. The predicted molar refractivity (Wildman–Crippen MR) is 32.4 cm³/mol. The number of hydrogen-bond donors (Lipinski definition) is 0. The molecule has 1 aromatic rings. The zero-order chi connectivity index (χ0) is 6.69. The first-order valence-electron chi connectivity index (χ1n) is 3.03. The van der Waals surface area contributed by atoms with Crippen LogP contribution in [0.2, 0.25) is 0 Å². The van der Waals surface area contributed by atoms with Crippen LogP contribution in [0.5, 0.6) is 0 Å². The van der Waals surface area contributed by atoms with Gasteiger partial charge in [-0.15, -0.1) is 0 Å². The third-order valence-electron chi connectivity index (χ3n) is 1.23. The minimum absolute atomic E-state index is 0.539. The maximum absolute atomic E-state index is 10.9. The van der Waals surface area contributed by atoms with Crippen molar-refractivity contribution in [2.75, 3.05) is 0 Å². The van der Waals surface area contributed by atoms with E-state index in [9.17, 15) is 5.11 Å². The van der Waals surface area contributed by atoms with E-state index in [4.69, 9.17) is 4.42 Å². The largest absolute Gasteiger partial charge is 0.466 e. The smallest absolute Gasteiger partial charge is 0.150 e. The molecule has 0 aromatic carbocycles. The maximum atomic E-state index is 10.9. The van der Waals surface area contributed by atoms with Crippen LogP contribution in [-0.2, 0) is 5.11 Å². The lowest BCUT2D eigenvalue weighted by Crippen LogP contribution is -1.88. The SMILES string of the molecule is CCC([O])c1ccco1. The molecular weight excluding hydrogens is 116 g/mol. The van der Waals surface area contributed by atoms with Crippen molar-refractivity contribution in [3.8, 4) is 0 Å². The van der Waals surface area contributed by atoms with E-state index in [1.165, 1.54) is 6.26 Å². The topological polar surface area (TPSA) is 33.0 Å². The number of rotatable bonds is 2. The average Bonchev–Trinajstić information content (AvgIpc) is 2.37. The predicted octanol–water partition coefficient (Wildman–Crippen LogP) is 2.16. The molecule has 1 unspecified atom stereocenters. The van der Waals surface area contributed by atoms with Gasteiger partial charge >= 0.3 is 0 Å². The fourth-order valence-electron chi connectivity index (χ4n) is 0.676. The van der Waals surface area contributed by atoms with Crippen LogP contribution in [0.3, 0.4) is 0 Å². The Hall–Kier alpha value is -0.760. The van der Waals surface area contributed by atoms with E-state index < -0.39 is 6.10 Å². The van der Waals surface area contributed by atoms with Gasteiger partial charge in [-0.2, -0.15) is 0 Å². The summed E-state index contributed by atoms with van der Waals surface area (Å²) in [6, 6.07) is 3.44. The molecule has 0 spiro atoms. The van der Waals surface area contributed by atoms with Crippen molar-refractivity contribution >= 4 is 0 Å². The van der Waals surface area contributed by atoms with Gasteiger partial charge in [-0.25, -0.2) is 5.11 Å². The van der Waals surface area contributed by atoms with Crippen LogP contribution in [0.1, 0.15) is 25.2 Å². The van der Waals surface area contributed by atoms with E-state index in [2.05, 4.69) is 0 Å². The third kappa shape index (κ3) is 1.33. The Kier molecular flexibility index (Phi) is 1.90. The van der Waals surface area contributed by atoms with E-state index in [0.29, 0.717) is 12.2 Å². The first-order chi connectivity index (χ1) is 4.34. The highest BCUT2D eigenvalue weighted by molar-refractivity contribution is 5.00. The summed E-state index contributed by atoms with van der Waals surface area (Å²) in [5.41, 5.74) is 0. The Labute approximate surface area is 54.1 Å². The van der Waals surface area contributed by atoms with Crippen molar-refractivity contribution in [2.24, 2.45) is 0 Å². The highest BCUT2D eigenvalue weighted by Crippen LogP contribution is 2.15. The molecule has 0 N–H and O–H groups in total. The van der Waals surface area contributed by atoms with Crippen molar-refractivity contribution in [3.05, 3.63) is 24.2 Å². The second-order valence-electron chi connectivity index (χ2n) is 1.91. The molecule has 1 atom stereocenters. The second-order valence-corrected chi connectivity index (χ2v) is 1.91. The normalized spacial score (nSPS) is 13.6. The van der Waals surface area contributed by atoms with Crippen LogP contribution < -0.4 is 0 Å². The van der Waals surface area contributed by atoms with Gasteiger partial charge in [0, 0.05) is 0 Å². The summed E-state index contributed by atoms with van der Waals surface area (Å²) in [6.45, 7) is 1.85. The third-order valence-corrected chi connectivity index (χ3v) is 1.23. The monoisotopic (exact) mass is 125 g/mol. The molecule has 1 aromatic heterocycles. The summed E-state index contributed by atoms with van der Waals surface area (Å²) in [5.74, 6) is 0.539. The molecule has 1 rings (SSSR count). The number of hydrogen-bond acceptors (Lipinski definition) is 1.